The second kappa shape index (κ2) is 5.50. The lowest BCUT2D eigenvalue weighted by Gasteiger charge is -2.14. The standard InChI is InChI=1S/C13H11ClNO3S/c1-9-6-7-15(16)13(19(17)18)12(9)8-10-2-4-11(14)5-3-10/h2-7H,8H2,1H3/q-1. The van der Waals surface area contributed by atoms with Crippen molar-refractivity contribution in [2.24, 2.45) is 0 Å². The topological polar surface area (TPSA) is 62.1 Å². The molecule has 6 heteroatoms. The summed E-state index contributed by atoms with van der Waals surface area (Å²) >= 11 is 5.80. The Morgan fingerprint density at radius 2 is 1.84 bits per heavy atom. The molecule has 0 aliphatic carbocycles. The number of hydrogen-bond donors (Lipinski definition) is 0. The first kappa shape index (κ1) is 13.7. The fourth-order valence-corrected chi connectivity index (χ4v) is 2.61. The van der Waals surface area contributed by atoms with Crippen LogP contribution >= 0.6 is 11.6 Å². The largest absolute Gasteiger partial charge is 0.805 e. The Balaban J connectivity index is 2.61. The number of nitrogens with zero attached hydrogens (tertiary/aromatic N) is 1. The highest BCUT2D eigenvalue weighted by Crippen LogP contribution is 2.17. The Kier molecular flexibility index (Phi) is 3.97. The summed E-state index contributed by atoms with van der Waals surface area (Å²) in [5.74, 6) is 0. The third-order valence-corrected chi connectivity index (χ3v) is 3.84. The van der Waals surface area contributed by atoms with Gasteiger partial charge in [0.15, 0.2) is 4.64 Å². The average Bonchev–Trinajstić information content (AvgIpc) is 2.36. The van der Waals surface area contributed by atoms with E-state index in [1.54, 1.807) is 37.3 Å². The van der Waals surface area contributed by atoms with Crippen LogP contribution in [0.3, 0.4) is 0 Å². The Morgan fingerprint density at radius 1 is 1.21 bits per heavy atom. The van der Waals surface area contributed by atoms with Crippen molar-refractivity contribution in [3.63, 3.8) is 0 Å². The third-order valence-electron chi connectivity index (χ3n) is 2.85. The van der Waals surface area contributed by atoms with Crippen molar-refractivity contribution in [3.8, 4) is 0 Å². The summed E-state index contributed by atoms with van der Waals surface area (Å²) < 4.78 is 22.5. The lowest BCUT2D eigenvalue weighted by atomic mass is 10.0. The van der Waals surface area contributed by atoms with E-state index in [0.29, 0.717) is 21.7 Å². The molecule has 0 N–H and O–H groups in total. The molecule has 19 heavy (non-hydrogen) atoms. The summed E-state index contributed by atoms with van der Waals surface area (Å²) in [5.41, 5.74) is 2.17. The molecule has 0 unspecified atom stereocenters. The van der Waals surface area contributed by atoms with Crippen LogP contribution in [0.4, 0.5) is 0 Å². The summed E-state index contributed by atoms with van der Waals surface area (Å²) in [6, 6.07) is 8.68. The zero-order valence-corrected chi connectivity index (χ0v) is 11.7. The first-order valence-corrected chi connectivity index (χ1v) is 6.99. The molecule has 0 bridgehead atoms. The molecule has 0 spiro atoms. The van der Waals surface area contributed by atoms with Crippen molar-refractivity contribution >= 4 is 21.9 Å². The van der Waals surface area contributed by atoms with E-state index >= 15 is 0 Å². The minimum absolute atomic E-state index is 0.227. The maximum atomic E-state index is 11.6. The van der Waals surface area contributed by atoms with Crippen molar-refractivity contribution in [1.82, 2.24) is 4.73 Å². The molecule has 0 atom stereocenters. The van der Waals surface area contributed by atoms with Crippen LogP contribution in [0.1, 0.15) is 16.7 Å². The van der Waals surface area contributed by atoms with E-state index in [2.05, 4.69) is 0 Å². The maximum Gasteiger partial charge on any atom is 0.238 e. The second-order valence-electron chi connectivity index (χ2n) is 4.15. The molecule has 0 aliphatic heterocycles. The van der Waals surface area contributed by atoms with Gasteiger partial charge in [-0.15, -0.1) is 0 Å². The van der Waals surface area contributed by atoms with Crippen LogP contribution in [0, 0.1) is 16.8 Å². The summed E-state index contributed by atoms with van der Waals surface area (Å²) in [7, 11) is -2.57. The van der Waals surface area contributed by atoms with E-state index in [1.807, 2.05) is 0 Å². The molecule has 100 valence electrons. The molecular formula is C13H11ClNO3S-. The van der Waals surface area contributed by atoms with Gasteiger partial charge in [-0.1, -0.05) is 23.7 Å². The third kappa shape index (κ3) is 3.00. The van der Waals surface area contributed by atoms with Crippen LogP contribution in [-0.2, 0) is 16.7 Å². The molecule has 0 radical (unpaired) electrons. The molecular weight excluding hydrogens is 286 g/mol. The van der Waals surface area contributed by atoms with Crippen LogP contribution in [0.2, 0.25) is 5.02 Å². The minimum Gasteiger partial charge on any atom is -0.805 e. The fraction of sp³-hybridized carbons (Fsp3) is 0.154. The van der Waals surface area contributed by atoms with Crippen molar-refractivity contribution in [1.29, 1.82) is 0 Å². The van der Waals surface area contributed by atoms with E-state index in [0.717, 1.165) is 11.1 Å². The van der Waals surface area contributed by atoms with Gasteiger partial charge in [0.05, 0.1) is 0 Å². The molecule has 2 aromatic rings. The first-order valence-electron chi connectivity index (χ1n) is 5.54. The number of hydrogen-bond acceptors (Lipinski definition) is 3. The van der Waals surface area contributed by atoms with Crippen LogP contribution in [0.5, 0.6) is 0 Å². The maximum absolute atomic E-state index is 11.6. The van der Waals surface area contributed by atoms with Crippen molar-refractivity contribution in [3.05, 3.63) is 68.1 Å². The number of aromatic nitrogens is 1. The SMILES string of the molecule is Cc1ccn([O-])c(=S(=O)=O)c1Cc1ccc(Cl)cc1. The van der Waals surface area contributed by atoms with E-state index in [9.17, 15) is 13.6 Å². The lowest BCUT2D eigenvalue weighted by molar-refractivity contribution is 0.623. The molecule has 0 amide bonds. The van der Waals surface area contributed by atoms with Gasteiger partial charge in [-0.25, -0.2) is 0 Å². The molecule has 4 nitrogen and oxygen atoms in total. The average molecular weight is 297 g/mol. The van der Waals surface area contributed by atoms with Gasteiger partial charge in [-0.2, -0.15) is 8.42 Å². The molecule has 0 fully saturated rings. The normalized spacial score (nSPS) is 10.4. The van der Waals surface area contributed by atoms with Crippen molar-refractivity contribution in [2.75, 3.05) is 0 Å². The predicted octanol–water partition coefficient (Wildman–Crippen LogP) is 2.80. The van der Waals surface area contributed by atoms with Gasteiger partial charge >= 0.3 is 0 Å². The van der Waals surface area contributed by atoms with Crippen molar-refractivity contribution < 1.29 is 8.42 Å². The fourth-order valence-electron chi connectivity index (χ4n) is 1.84. The molecule has 0 aliphatic rings. The minimum atomic E-state index is -2.57. The van der Waals surface area contributed by atoms with Crippen LogP contribution < -0.4 is 0 Å². The summed E-state index contributed by atoms with van der Waals surface area (Å²) in [6.45, 7) is 1.78. The van der Waals surface area contributed by atoms with E-state index in [1.165, 1.54) is 6.20 Å². The van der Waals surface area contributed by atoms with Gasteiger partial charge in [0.25, 0.3) is 0 Å². The smallest absolute Gasteiger partial charge is 0.238 e. The summed E-state index contributed by atoms with van der Waals surface area (Å²) in [6.07, 6.45) is 1.57. The van der Waals surface area contributed by atoms with Crippen LogP contribution in [0.15, 0.2) is 36.5 Å². The molecule has 2 rings (SSSR count). The second-order valence-corrected chi connectivity index (χ2v) is 5.44. The van der Waals surface area contributed by atoms with Crippen LogP contribution in [0.25, 0.3) is 0 Å². The van der Waals surface area contributed by atoms with Crippen molar-refractivity contribution in [2.45, 2.75) is 13.3 Å². The molecule has 1 aromatic carbocycles. The zero-order chi connectivity index (χ0) is 14.0. The molecule has 0 saturated heterocycles. The predicted molar refractivity (Wildman–Crippen MR) is 74.4 cm³/mol. The number of pyridine rings is 1. The molecule has 1 heterocycles. The number of rotatable bonds is 2. The highest BCUT2D eigenvalue weighted by atomic mass is 35.5. The monoisotopic (exact) mass is 296 g/mol. The van der Waals surface area contributed by atoms with Gasteiger partial charge < -0.3 is 9.94 Å². The number of aryl methyl sites for hydroxylation is 1. The van der Waals surface area contributed by atoms with E-state index in [4.69, 9.17) is 11.6 Å². The Bertz CT molecular complexity index is 769. The van der Waals surface area contributed by atoms with Gasteiger partial charge in [-0.3, -0.25) is 0 Å². The van der Waals surface area contributed by atoms with Gasteiger partial charge in [0, 0.05) is 11.4 Å². The Morgan fingerprint density at radius 3 is 2.42 bits per heavy atom. The Hall–Kier alpha value is -1.72. The van der Waals surface area contributed by atoms with Gasteiger partial charge in [0.2, 0.25) is 10.3 Å². The van der Waals surface area contributed by atoms with E-state index in [-0.39, 0.29) is 4.64 Å². The van der Waals surface area contributed by atoms with Crippen LogP contribution in [-0.4, -0.2) is 13.1 Å². The Labute approximate surface area is 117 Å². The van der Waals surface area contributed by atoms with Gasteiger partial charge in [0.1, 0.15) is 0 Å². The van der Waals surface area contributed by atoms with E-state index < -0.39 is 10.3 Å². The number of halogens is 1. The van der Waals surface area contributed by atoms with Gasteiger partial charge in [-0.05, 0) is 48.0 Å². The highest BCUT2D eigenvalue weighted by molar-refractivity contribution is 7.63. The summed E-state index contributed by atoms with van der Waals surface area (Å²) in [4.78, 5) is 0. The quantitative estimate of drug-likeness (QED) is 0.801. The molecule has 1 aromatic heterocycles. The number of benzene rings is 1. The lowest BCUT2D eigenvalue weighted by Crippen LogP contribution is -2.02. The molecule has 0 saturated carbocycles. The highest BCUT2D eigenvalue weighted by Gasteiger charge is 2.05. The zero-order valence-electron chi connectivity index (χ0n) is 10.1. The summed E-state index contributed by atoms with van der Waals surface area (Å²) in [5, 5.41) is 12.2. The first-order chi connectivity index (χ1) is 8.99.